The van der Waals surface area contributed by atoms with Crippen molar-refractivity contribution in [1.29, 1.82) is 0 Å². The molecule has 0 aliphatic heterocycles. The SMILES string of the molecule is O=C(CNCCCCO)Nc1ccccc1Br. The lowest BCUT2D eigenvalue weighted by Crippen LogP contribution is -2.28. The van der Waals surface area contributed by atoms with Crippen LogP contribution in [0.25, 0.3) is 0 Å². The Bertz CT molecular complexity index is 358. The van der Waals surface area contributed by atoms with E-state index >= 15 is 0 Å². The summed E-state index contributed by atoms with van der Waals surface area (Å²) in [4.78, 5) is 11.6. The van der Waals surface area contributed by atoms with Crippen LogP contribution in [0.3, 0.4) is 0 Å². The Morgan fingerprint density at radius 2 is 2.06 bits per heavy atom. The molecule has 0 spiro atoms. The van der Waals surface area contributed by atoms with Gasteiger partial charge in [0.1, 0.15) is 0 Å². The Labute approximate surface area is 110 Å². The van der Waals surface area contributed by atoms with Crippen LogP contribution < -0.4 is 10.6 Å². The molecule has 0 aliphatic carbocycles. The first kappa shape index (κ1) is 14.2. The highest BCUT2D eigenvalue weighted by Crippen LogP contribution is 2.20. The van der Waals surface area contributed by atoms with E-state index in [0.29, 0.717) is 0 Å². The van der Waals surface area contributed by atoms with Crippen LogP contribution in [0.2, 0.25) is 0 Å². The zero-order valence-electron chi connectivity index (χ0n) is 9.58. The summed E-state index contributed by atoms with van der Waals surface area (Å²) in [5, 5.41) is 14.4. The van der Waals surface area contributed by atoms with Crippen LogP contribution in [0.1, 0.15) is 12.8 Å². The van der Waals surface area contributed by atoms with Gasteiger partial charge < -0.3 is 15.7 Å². The van der Waals surface area contributed by atoms with Gasteiger partial charge in [0, 0.05) is 11.1 Å². The number of amides is 1. The topological polar surface area (TPSA) is 61.4 Å². The third-order valence-electron chi connectivity index (χ3n) is 2.20. The normalized spacial score (nSPS) is 10.2. The third kappa shape index (κ3) is 5.81. The van der Waals surface area contributed by atoms with Gasteiger partial charge in [-0.1, -0.05) is 12.1 Å². The first-order valence-corrected chi connectivity index (χ1v) is 6.39. The quantitative estimate of drug-likeness (QED) is 0.672. The van der Waals surface area contributed by atoms with Gasteiger partial charge in [-0.05, 0) is 47.4 Å². The van der Waals surface area contributed by atoms with Crippen LogP contribution in [-0.2, 0) is 4.79 Å². The molecule has 94 valence electrons. The maximum Gasteiger partial charge on any atom is 0.238 e. The lowest BCUT2D eigenvalue weighted by atomic mass is 10.3. The molecule has 0 atom stereocenters. The molecule has 0 saturated heterocycles. The Morgan fingerprint density at radius 1 is 1.29 bits per heavy atom. The summed E-state index contributed by atoms with van der Waals surface area (Å²) in [5.74, 6) is -0.0686. The number of hydrogen-bond acceptors (Lipinski definition) is 3. The maximum absolute atomic E-state index is 11.6. The van der Waals surface area contributed by atoms with Crippen LogP contribution in [0, 0.1) is 0 Å². The molecule has 0 aliphatic rings. The van der Waals surface area contributed by atoms with Crippen molar-refractivity contribution in [3.05, 3.63) is 28.7 Å². The van der Waals surface area contributed by atoms with E-state index in [4.69, 9.17) is 5.11 Å². The number of para-hydroxylation sites is 1. The van der Waals surface area contributed by atoms with Crippen molar-refractivity contribution in [1.82, 2.24) is 5.32 Å². The Kier molecular flexibility index (Phi) is 6.84. The molecule has 1 aromatic carbocycles. The molecule has 1 amide bonds. The number of halogens is 1. The molecule has 17 heavy (non-hydrogen) atoms. The zero-order valence-corrected chi connectivity index (χ0v) is 11.2. The van der Waals surface area contributed by atoms with E-state index in [9.17, 15) is 4.79 Å². The highest BCUT2D eigenvalue weighted by Gasteiger charge is 2.03. The summed E-state index contributed by atoms with van der Waals surface area (Å²) in [6, 6.07) is 7.49. The van der Waals surface area contributed by atoms with Crippen molar-refractivity contribution < 1.29 is 9.90 Å². The average molecular weight is 301 g/mol. The largest absolute Gasteiger partial charge is 0.396 e. The second-order valence-electron chi connectivity index (χ2n) is 3.64. The molecule has 1 rings (SSSR count). The van der Waals surface area contributed by atoms with Crippen LogP contribution in [0.15, 0.2) is 28.7 Å². The number of unbranched alkanes of at least 4 members (excludes halogenated alkanes) is 1. The minimum Gasteiger partial charge on any atom is -0.396 e. The predicted octanol–water partition coefficient (Wildman–Crippen LogP) is 1.75. The van der Waals surface area contributed by atoms with Crippen molar-refractivity contribution >= 4 is 27.5 Å². The van der Waals surface area contributed by atoms with Crippen molar-refractivity contribution in [3.8, 4) is 0 Å². The fraction of sp³-hybridized carbons (Fsp3) is 0.417. The Hall–Kier alpha value is -0.910. The molecular weight excluding hydrogens is 284 g/mol. The van der Waals surface area contributed by atoms with Gasteiger partial charge in [0.05, 0.1) is 12.2 Å². The lowest BCUT2D eigenvalue weighted by molar-refractivity contribution is -0.115. The Morgan fingerprint density at radius 3 is 2.76 bits per heavy atom. The average Bonchev–Trinajstić information content (AvgIpc) is 2.32. The van der Waals surface area contributed by atoms with Gasteiger partial charge in [0.15, 0.2) is 0 Å². The molecule has 0 saturated carbocycles. The van der Waals surface area contributed by atoms with Crippen LogP contribution in [0.5, 0.6) is 0 Å². The summed E-state index contributed by atoms with van der Waals surface area (Å²) in [7, 11) is 0. The number of nitrogens with one attached hydrogen (secondary N) is 2. The number of carbonyl (C=O) groups is 1. The monoisotopic (exact) mass is 300 g/mol. The van der Waals surface area contributed by atoms with E-state index in [2.05, 4.69) is 26.6 Å². The van der Waals surface area contributed by atoms with E-state index in [1.54, 1.807) is 0 Å². The molecule has 0 aromatic heterocycles. The van der Waals surface area contributed by atoms with Crippen LogP contribution in [0.4, 0.5) is 5.69 Å². The second-order valence-corrected chi connectivity index (χ2v) is 4.49. The smallest absolute Gasteiger partial charge is 0.238 e. The molecular formula is C12H17BrN2O2. The van der Waals surface area contributed by atoms with Gasteiger partial charge in [0.2, 0.25) is 5.91 Å². The van der Waals surface area contributed by atoms with Crippen LogP contribution in [-0.4, -0.2) is 30.7 Å². The number of rotatable bonds is 7. The fourth-order valence-electron chi connectivity index (χ4n) is 1.32. The minimum atomic E-state index is -0.0686. The first-order chi connectivity index (χ1) is 8.24. The van der Waals surface area contributed by atoms with E-state index in [1.807, 2.05) is 24.3 Å². The summed E-state index contributed by atoms with van der Waals surface area (Å²) < 4.78 is 0.869. The highest BCUT2D eigenvalue weighted by atomic mass is 79.9. The maximum atomic E-state index is 11.6. The highest BCUT2D eigenvalue weighted by molar-refractivity contribution is 9.10. The third-order valence-corrected chi connectivity index (χ3v) is 2.89. The van der Waals surface area contributed by atoms with E-state index in [1.165, 1.54) is 0 Å². The summed E-state index contributed by atoms with van der Waals surface area (Å²) in [6.45, 7) is 1.22. The summed E-state index contributed by atoms with van der Waals surface area (Å²) in [6.07, 6.45) is 1.64. The number of aliphatic hydroxyl groups excluding tert-OH is 1. The number of carbonyl (C=O) groups excluding carboxylic acids is 1. The first-order valence-electron chi connectivity index (χ1n) is 5.60. The number of benzene rings is 1. The molecule has 0 fully saturated rings. The van der Waals surface area contributed by atoms with Gasteiger partial charge in [-0.2, -0.15) is 0 Å². The van der Waals surface area contributed by atoms with Gasteiger partial charge >= 0.3 is 0 Å². The van der Waals surface area contributed by atoms with Gasteiger partial charge in [-0.25, -0.2) is 0 Å². The molecule has 0 unspecified atom stereocenters. The summed E-state index contributed by atoms with van der Waals surface area (Å²) in [5.41, 5.74) is 0.773. The van der Waals surface area contributed by atoms with Crippen LogP contribution >= 0.6 is 15.9 Å². The van der Waals surface area contributed by atoms with Crippen molar-refractivity contribution in [2.45, 2.75) is 12.8 Å². The van der Waals surface area contributed by atoms with Gasteiger partial charge in [0.25, 0.3) is 0 Å². The second kappa shape index (κ2) is 8.22. The number of aliphatic hydroxyl groups is 1. The number of anilines is 1. The van der Waals surface area contributed by atoms with Gasteiger partial charge in [-0.15, -0.1) is 0 Å². The molecule has 0 bridgehead atoms. The molecule has 5 heteroatoms. The van der Waals surface area contributed by atoms with Gasteiger partial charge in [-0.3, -0.25) is 4.79 Å². The lowest BCUT2D eigenvalue weighted by Gasteiger charge is -2.07. The standard InChI is InChI=1S/C12H17BrN2O2/c13-10-5-1-2-6-11(10)15-12(17)9-14-7-3-4-8-16/h1-2,5-6,14,16H,3-4,7-9H2,(H,15,17). The van der Waals surface area contributed by atoms with Crippen molar-refractivity contribution in [2.24, 2.45) is 0 Å². The van der Waals surface area contributed by atoms with E-state index in [0.717, 1.165) is 29.5 Å². The molecule has 3 N–H and O–H groups in total. The predicted molar refractivity (Wildman–Crippen MR) is 72.0 cm³/mol. The fourth-order valence-corrected chi connectivity index (χ4v) is 1.70. The molecule has 4 nitrogen and oxygen atoms in total. The van der Waals surface area contributed by atoms with E-state index in [-0.39, 0.29) is 19.1 Å². The zero-order chi connectivity index (χ0) is 12.5. The molecule has 1 aromatic rings. The number of hydrogen-bond donors (Lipinski definition) is 3. The summed E-state index contributed by atoms with van der Waals surface area (Å²) >= 11 is 3.36. The molecule has 0 radical (unpaired) electrons. The van der Waals surface area contributed by atoms with Crippen molar-refractivity contribution in [3.63, 3.8) is 0 Å². The van der Waals surface area contributed by atoms with Crippen molar-refractivity contribution in [2.75, 3.05) is 25.0 Å². The molecule has 0 heterocycles. The van der Waals surface area contributed by atoms with E-state index < -0.39 is 0 Å². The minimum absolute atomic E-state index is 0.0686. The Balaban J connectivity index is 2.23.